The van der Waals surface area contributed by atoms with Crippen LogP contribution in [0.15, 0.2) is 67.3 Å². The summed E-state index contributed by atoms with van der Waals surface area (Å²) in [5, 5.41) is 2.95. The Bertz CT molecular complexity index is 1130. The lowest BCUT2D eigenvalue weighted by atomic mass is 10.0. The van der Waals surface area contributed by atoms with Crippen molar-refractivity contribution < 1.29 is 4.79 Å². The first-order valence-electron chi connectivity index (χ1n) is 8.68. The third-order valence-electron chi connectivity index (χ3n) is 4.87. The molecule has 0 bridgehead atoms. The maximum atomic E-state index is 13.1. The largest absolute Gasteiger partial charge is 0.347 e. The van der Waals surface area contributed by atoms with E-state index in [9.17, 15) is 4.79 Å². The van der Waals surface area contributed by atoms with Gasteiger partial charge >= 0.3 is 0 Å². The summed E-state index contributed by atoms with van der Waals surface area (Å²) in [5.74, 6) is -0.0943. The molecule has 0 saturated heterocycles. The van der Waals surface area contributed by atoms with Crippen LogP contribution in [0.4, 0.5) is 0 Å². The third kappa shape index (κ3) is 2.26. The van der Waals surface area contributed by atoms with Crippen molar-refractivity contribution in [1.82, 2.24) is 14.3 Å². The summed E-state index contributed by atoms with van der Waals surface area (Å²) in [5.41, 5.74) is 6.95. The zero-order chi connectivity index (χ0) is 18.3. The number of para-hydroxylation sites is 2. The van der Waals surface area contributed by atoms with Crippen LogP contribution in [0.25, 0.3) is 27.8 Å². The summed E-state index contributed by atoms with van der Waals surface area (Å²) < 4.78 is 4.23. The zero-order valence-electron chi connectivity index (χ0n) is 15.0. The molecule has 0 atom stereocenters. The first-order valence-corrected chi connectivity index (χ1v) is 8.68. The molecular formula is C22H21N3O. The van der Waals surface area contributed by atoms with Gasteiger partial charge in [-0.15, -0.1) is 6.58 Å². The number of carbonyl (C=O) groups is 1. The number of nitrogens with zero attached hydrogens (tertiary/aromatic N) is 2. The van der Waals surface area contributed by atoms with Gasteiger partial charge in [0.1, 0.15) is 11.3 Å². The zero-order valence-corrected chi connectivity index (χ0v) is 15.0. The monoisotopic (exact) mass is 343 g/mol. The fraction of sp³-hybridized carbons (Fsp3) is 0.136. The first-order chi connectivity index (χ1) is 12.6. The van der Waals surface area contributed by atoms with Gasteiger partial charge in [0, 0.05) is 24.7 Å². The van der Waals surface area contributed by atoms with E-state index in [1.807, 2.05) is 49.5 Å². The average Bonchev–Trinajstić information content (AvgIpc) is 3.14. The number of hydrogen-bond donors (Lipinski definition) is 1. The molecule has 26 heavy (non-hydrogen) atoms. The van der Waals surface area contributed by atoms with Crippen molar-refractivity contribution in [2.45, 2.75) is 6.92 Å². The average molecular weight is 343 g/mol. The number of aryl methyl sites for hydroxylation is 2. The molecule has 1 N–H and O–H groups in total. The summed E-state index contributed by atoms with van der Waals surface area (Å²) >= 11 is 0. The Labute approximate surface area is 152 Å². The minimum atomic E-state index is -0.0943. The maximum absolute atomic E-state index is 13.1. The number of carbonyl (C=O) groups excluding carboxylic acids is 1. The summed E-state index contributed by atoms with van der Waals surface area (Å²) in [6.07, 6.45) is 1.70. The van der Waals surface area contributed by atoms with E-state index < -0.39 is 0 Å². The fourth-order valence-electron chi connectivity index (χ4n) is 3.78. The Kier molecular flexibility index (Phi) is 3.88. The summed E-state index contributed by atoms with van der Waals surface area (Å²) in [6, 6.07) is 18.2. The Hall–Kier alpha value is -3.27. The molecule has 4 aromatic rings. The van der Waals surface area contributed by atoms with Gasteiger partial charge < -0.3 is 9.88 Å². The molecule has 0 saturated carbocycles. The molecule has 0 fully saturated rings. The number of fused-ring (bicyclic) bond motifs is 3. The molecule has 2 heterocycles. The molecule has 0 spiro atoms. The van der Waals surface area contributed by atoms with E-state index in [4.69, 9.17) is 0 Å². The molecule has 0 aliphatic rings. The van der Waals surface area contributed by atoms with Gasteiger partial charge in [-0.2, -0.15) is 0 Å². The van der Waals surface area contributed by atoms with E-state index in [-0.39, 0.29) is 5.91 Å². The minimum Gasteiger partial charge on any atom is -0.347 e. The van der Waals surface area contributed by atoms with E-state index in [2.05, 4.69) is 39.9 Å². The number of benzene rings is 2. The first kappa shape index (κ1) is 16.2. The highest BCUT2D eigenvalue weighted by Gasteiger charge is 2.26. The Morgan fingerprint density at radius 3 is 2.42 bits per heavy atom. The van der Waals surface area contributed by atoms with Crippen molar-refractivity contribution in [3.8, 4) is 11.1 Å². The molecular weight excluding hydrogens is 322 g/mol. The van der Waals surface area contributed by atoms with E-state index >= 15 is 0 Å². The molecule has 1 amide bonds. The molecule has 2 aromatic carbocycles. The normalized spacial score (nSPS) is 11.2. The second kappa shape index (κ2) is 6.23. The molecule has 2 aromatic heterocycles. The number of hydrogen-bond acceptors (Lipinski definition) is 1. The SMILES string of the molecule is C=CCNC(=O)c1c(-c2ccccc2)c(C)c2n(C)c3ccccc3n12. The number of amides is 1. The predicted octanol–water partition coefficient (Wildman–Crippen LogP) is 4.32. The van der Waals surface area contributed by atoms with Crippen LogP contribution in [0.2, 0.25) is 0 Å². The Morgan fingerprint density at radius 2 is 1.73 bits per heavy atom. The molecule has 4 heteroatoms. The lowest BCUT2D eigenvalue weighted by Crippen LogP contribution is -2.25. The maximum Gasteiger partial charge on any atom is 0.269 e. The number of aromatic nitrogens is 2. The second-order valence-corrected chi connectivity index (χ2v) is 6.42. The van der Waals surface area contributed by atoms with Crippen molar-refractivity contribution in [1.29, 1.82) is 0 Å². The predicted molar refractivity (Wildman–Crippen MR) is 107 cm³/mol. The van der Waals surface area contributed by atoms with Crippen LogP contribution in [-0.2, 0) is 7.05 Å². The lowest BCUT2D eigenvalue weighted by molar-refractivity contribution is 0.0953. The van der Waals surface area contributed by atoms with Gasteiger partial charge in [0.2, 0.25) is 0 Å². The van der Waals surface area contributed by atoms with Gasteiger partial charge in [-0.25, -0.2) is 0 Å². The Morgan fingerprint density at radius 1 is 1.08 bits per heavy atom. The van der Waals surface area contributed by atoms with E-state index in [0.717, 1.165) is 33.4 Å². The van der Waals surface area contributed by atoms with Crippen molar-refractivity contribution >= 4 is 22.6 Å². The van der Waals surface area contributed by atoms with Gasteiger partial charge in [0.15, 0.2) is 0 Å². The van der Waals surface area contributed by atoms with E-state index in [0.29, 0.717) is 12.2 Å². The van der Waals surface area contributed by atoms with Crippen LogP contribution < -0.4 is 5.32 Å². The highest BCUT2D eigenvalue weighted by atomic mass is 16.1. The quantitative estimate of drug-likeness (QED) is 0.551. The van der Waals surface area contributed by atoms with Crippen LogP contribution in [-0.4, -0.2) is 21.4 Å². The smallest absolute Gasteiger partial charge is 0.269 e. The highest BCUT2D eigenvalue weighted by molar-refractivity contribution is 6.05. The highest BCUT2D eigenvalue weighted by Crippen LogP contribution is 2.36. The third-order valence-corrected chi connectivity index (χ3v) is 4.87. The van der Waals surface area contributed by atoms with Crippen molar-refractivity contribution in [2.75, 3.05) is 6.54 Å². The van der Waals surface area contributed by atoms with Crippen molar-refractivity contribution in [3.63, 3.8) is 0 Å². The Balaban J connectivity index is 2.13. The van der Waals surface area contributed by atoms with Gasteiger partial charge in [-0.3, -0.25) is 9.20 Å². The molecule has 0 aliphatic carbocycles. The molecule has 4 nitrogen and oxygen atoms in total. The minimum absolute atomic E-state index is 0.0943. The van der Waals surface area contributed by atoms with Gasteiger partial charge in [-0.1, -0.05) is 48.5 Å². The van der Waals surface area contributed by atoms with E-state index in [1.54, 1.807) is 6.08 Å². The van der Waals surface area contributed by atoms with Crippen LogP contribution in [0.3, 0.4) is 0 Å². The fourth-order valence-corrected chi connectivity index (χ4v) is 3.78. The standard InChI is InChI=1S/C22H21N3O/c1-4-14-23-21(26)20-19(16-10-6-5-7-11-16)15(2)22-24(3)17-12-8-9-13-18(17)25(20)22/h4-13H,1,14H2,2-3H3,(H,23,26). The van der Waals surface area contributed by atoms with Gasteiger partial charge in [0.05, 0.1) is 11.0 Å². The van der Waals surface area contributed by atoms with Crippen molar-refractivity contribution in [2.24, 2.45) is 7.05 Å². The van der Waals surface area contributed by atoms with Gasteiger partial charge in [-0.05, 0) is 24.6 Å². The summed E-state index contributed by atoms with van der Waals surface area (Å²) in [6.45, 7) is 6.22. The molecule has 4 rings (SSSR count). The number of nitrogens with one attached hydrogen (secondary N) is 1. The van der Waals surface area contributed by atoms with Crippen LogP contribution >= 0.6 is 0 Å². The van der Waals surface area contributed by atoms with Crippen LogP contribution in [0.1, 0.15) is 16.1 Å². The van der Waals surface area contributed by atoms with Crippen LogP contribution in [0.5, 0.6) is 0 Å². The van der Waals surface area contributed by atoms with Gasteiger partial charge in [0.25, 0.3) is 5.91 Å². The summed E-state index contributed by atoms with van der Waals surface area (Å²) in [7, 11) is 2.05. The molecule has 0 radical (unpaired) electrons. The molecule has 130 valence electrons. The van der Waals surface area contributed by atoms with Crippen molar-refractivity contribution in [3.05, 3.63) is 78.5 Å². The topological polar surface area (TPSA) is 38.4 Å². The number of imidazole rings is 1. The molecule has 0 aliphatic heterocycles. The van der Waals surface area contributed by atoms with Crippen LogP contribution in [0, 0.1) is 6.92 Å². The molecule has 0 unspecified atom stereocenters. The summed E-state index contributed by atoms with van der Waals surface area (Å²) in [4.78, 5) is 13.1. The number of rotatable bonds is 4. The van der Waals surface area contributed by atoms with E-state index in [1.165, 1.54) is 0 Å². The lowest BCUT2D eigenvalue weighted by Gasteiger charge is -2.08. The second-order valence-electron chi connectivity index (χ2n) is 6.42.